The summed E-state index contributed by atoms with van der Waals surface area (Å²) >= 11 is 5.95. The first-order chi connectivity index (χ1) is 9.08. The standard InChI is InChI=1S/C15H14ClNO2/c1-17(10-11-5-3-2-4-6-11)14-9-12(16)7-8-13(14)15(18)19/h2-9H,10H2,1H3,(H,18,19). The molecule has 0 saturated heterocycles. The quantitative estimate of drug-likeness (QED) is 0.925. The number of rotatable bonds is 4. The third kappa shape index (κ3) is 3.26. The second kappa shape index (κ2) is 5.76. The summed E-state index contributed by atoms with van der Waals surface area (Å²) in [5, 5.41) is 9.73. The Morgan fingerprint density at radius 1 is 1.21 bits per heavy atom. The smallest absolute Gasteiger partial charge is 0.337 e. The van der Waals surface area contributed by atoms with Gasteiger partial charge in [0.25, 0.3) is 0 Å². The number of hydrogen-bond acceptors (Lipinski definition) is 2. The Bertz CT molecular complexity index is 584. The SMILES string of the molecule is CN(Cc1ccccc1)c1cc(Cl)ccc1C(=O)O. The average Bonchev–Trinajstić information content (AvgIpc) is 2.39. The van der Waals surface area contributed by atoms with Crippen LogP contribution in [0.2, 0.25) is 5.02 Å². The molecular weight excluding hydrogens is 262 g/mol. The Kier molecular flexibility index (Phi) is 4.07. The molecule has 0 aliphatic rings. The first-order valence-electron chi connectivity index (χ1n) is 5.86. The maximum absolute atomic E-state index is 11.2. The highest BCUT2D eigenvalue weighted by Crippen LogP contribution is 2.25. The Hall–Kier alpha value is -2.00. The summed E-state index contributed by atoms with van der Waals surface area (Å²) in [5.74, 6) is -0.952. The second-order valence-corrected chi connectivity index (χ2v) is 4.74. The van der Waals surface area contributed by atoms with Gasteiger partial charge in [0, 0.05) is 18.6 Å². The molecule has 19 heavy (non-hydrogen) atoms. The van der Waals surface area contributed by atoms with E-state index in [1.54, 1.807) is 12.1 Å². The van der Waals surface area contributed by atoms with Crippen LogP contribution in [0.3, 0.4) is 0 Å². The number of hydrogen-bond donors (Lipinski definition) is 1. The number of carbonyl (C=O) groups is 1. The molecule has 0 spiro atoms. The summed E-state index contributed by atoms with van der Waals surface area (Å²) in [7, 11) is 1.85. The van der Waals surface area contributed by atoms with Gasteiger partial charge in [-0.25, -0.2) is 4.79 Å². The van der Waals surface area contributed by atoms with Crippen LogP contribution < -0.4 is 4.90 Å². The molecule has 1 N–H and O–H groups in total. The first-order valence-corrected chi connectivity index (χ1v) is 6.23. The van der Waals surface area contributed by atoms with E-state index in [1.807, 2.05) is 42.3 Å². The van der Waals surface area contributed by atoms with Crippen LogP contribution in [0, 0.1) is 0 Å². The Labute approximate surface area is 117 Å². The Morgan fingerprint density at radius 2 is 1.89 bits per heavy atom. The highest BCUT2D eigenvalue weighted by Gasteiger charge is 2.14. The zero-order valence-electron chi connectivity index (χ0n) is 10.5. The number of aromatic carboxylic acids is 1. The predicted molar refractivity (Wildman–Crippen MR) is 77.0 cm³/mol. The maximum Gasteiger partial charge on any atom is 0.337 e. The minimum atomic E-state index is -0.952. The molecule has 0 unspecified atom stereocenters. The van der Waals surface area contributed by atoms with Gasteiger partial charge in [-0.3, -0.25) is 0 Å². The molecule has 0 radical (unpaired) electrons. The summed E-state index contributed by atoms with van der Waals surface area (Å²) in [6, 6.07) is 14.7. The van der Waals surface area contributed by atoms with E-state index in [2.05, 4.69) is 0 Å². The third-order valence-electron chi connectivity index (χ3n) is 2.86. The second-order valence-electron chi connectivity index (χ2n) is 4.31. The lowest BCUT2D eigenvalue weighted by Crippen LogP contribution is -2.19. The minimum Gasteiger partial charge on any atom is -0.478 e. The van der Waals surface area contributed by atoms with Gasteiger partial charge >= 0.3 is 5.97 Å². The molecule has 2 aromatic rings. The molecule has 2 aromatic carbocycles. The van der Waals surface area contributed by atoms with Crippen molar-refractivity contribution in [1.29, 1.82) is 0 Å². The van der Waals surface area contributed by atoms with Crippen molar-refractivity contribution in [3.8, 4) is 0 Å². The minimum absolute atomic E-state index is 0.253. The number of anilines is 1. The van der Waals surface area contributed by atoms with Crippen LogP contribution in [0.15, 0.2) is 48.5 Å². The topological polar surface area (TPSA) is 40.5 Å². The summed E-state index contributed by atoms with van der Waals surface area (Å²) in [5.41, 5.74) is 1.98. The average molecular weight is 276 g/mol. The highest BCUT2D eigenvalue weighted by molar-refractivity contribution is 6.31. The molecule has 0 amide bonds. The van der Waals surface area contributed by atoms with E-state index in [4.69, 9.17) is 11.6 Å². The number of carboxylic acid groups (broad SMARTS) is 1. The van der Waals surface area contributed by atoms with Gasteiger partial charge < -0.3 is 10.0 Å². The normalized spacial score (nSPS) is 10.2. The van der Waals surface area contributed by atoms with Gasteiger partial charge in [0.1, 0.15) is 0 Å². The lowest BCUT2D eigenvalue weighted by molar-refractivity contribution is 0.0697. The molecule has 0 atom stereocenters. The third-order valence-corrected chi connectivity index (χ3v) is 3.10. The van der Waals surface area contributed by atoms with Gasteiger partial charge in [0.05, 0.1) is 11.3 Å². The van der Waals surface area contributed by atoms with Crippen LogP contribution in [0.5, 0.6) is 0 Å². The fourth-order valence-corrected chi connectivity index (χ4v) is 2.11. The van der Waals surface area contributed by atoms with E-state index in [0.29, 0.717) is 17.3 Å². The molecule has 98 valence electrons. The molecule has 0 heterocycles. The highest BCUT2D eigenvalue weighted by atomic mass is 35.5. The molecule has 0 aliphatic heterocycles. The number of halogens is 1. The Balaban J connectivity index is 2.30. The summed E-state index contributed by atoms with van der Waals surface area (Å²) in [6.45, 7) is 0.626. The van der Waals surface area contributed by atoms with Crippen molar-refractivity contribution in [1.82, 2.24) is 0 Å². The van der Waals surface area contributed by atoms with Gasteiger partial charge in [0.2, 0.25) is 0 Å². The summed E-state index contributed by atoms with van der Waals surface area (Å²) < 4.78 is 0. The lowest BCUT2D eigenvalue weighted by Gasteiger charge is -2.21. The lowest BCUT2D eigenvalue weighted by atomic mass is 10.1. The van der Waals surface area contributed by atoms with Crippen molar-refractivity contribution in [3.05, 3.63) is 64.7 Å². The monoisotopic (exact) mass is 275 g/mol. The zero-order chi connectivity index (χ0) is 13.8. The molecule has 0 bridgehead atoms. The first kappa shape index (κ1) is 13.4. The van der Waals surface area contributed by atoms with Crippen molar-refractivity contribution in [2.45, 2.75) is 6.54 Å². The molecule has 3 nitrogen and oxygen atoms in total. The van der Waals surface area contributed by atoms with E-state index < -0.39 is 5.97 Å². The van der Waals surface area contributed by atoms with Gasteiger partial charge in [-0.05, 0) is 23.8 Å². The Morgan fingerprint density at radius 3 is 2.53 bits per heavy atom. The van der Waals surface area contributed by atoms with Crippen LogP contribution in [-0.2, 0) is 6.54 Å². The molecule has 0 aromatic heterocycles. The van der Waals surface area contributed by atoms with E-state index in [0.717, 1.165) is 5.56 Å². The fraction of sp³-hybridized carbons (Fsp3) is 0.133. The van der Waals surface area contributed by atoms with Gasteiger partial charge in [-0.15, -0.1) is 0 Å². The number of nitrogens with zero attached hydrogens (tertiary/aromatic N) is 1. The summed E-state index contributed by atoms with van der Waals surface area (Å²) in [4.78, 5) is 13.1. The number of benzene rings is 2. The van der Waals surface area contributed by atoms with Crippen LogP contribution in [0.25, 0.3) is 0 Å². The van der Waals surface area contributed by atoms with E-state index in [-0.39, 0.29) is 5.56 Å². The van der Waals surface area contributed by atoms with Crippen LogP contribution in [0.4, 0.5) is 5.69 Å². The molecule has 0 saturated carbocycles. The summed E-state index contributed by atoms with van der Waals surface area (Å²) in [6.07, 6.45) is 0. The molecule has 2 rings (SSSR count). The maximum atomic E-state index is 11.2. The van der Waals surface area contributed by atoms with Crippen molar-refractivity contribution in [3.63, 3.8) is 0 Å². The van der Waals surface area contributed by atoms with Gasteiger partial charge in [0.15, 0.2) is 0 Å². The fourth-order valence-electron chi connectivity index (χ4n) is 1.94. The molecule has 0 fully saturated rings. The van der Waals surface area contributed by atoms with Crippen molar-refractivity contribution in [2.75, 3.05) is 11.9 Å². The van der Waals surface area contributed by atoms with E-state index >= 15 is 0 Å². The van der Waals surface area contributed by atoms with Crippen LogP contribution >= 0.6 is 11.6 Å². The van der Waals surface area contributed by atoms with Crippen molar-refractivity contribution >= 4 is 23.3 Å². The molecular formula is C15H14ClNO2. The van der Waals surface area contributed by atoms with Gasteiger partial charge in [-0.1, -0.05) is 41.9 Å². The number of carboxylic acids is 1. The molecule has 0 aliphatic carbocycles. The van der Waals surface area contributed by atoms with Gasteiger partial charge in [-0.2, -0.15) is 0 Å². The van der Waals surface area contributed by atoms with E-state index in [9.17, 15) is 9.90 Å². The van der Waals surface area contributed by atoms with Crippen molar-refractivity contribution < 1.29 is 9.90 Å². The van der Waals surface area contributed by atoms with Crippen LogP contribution in [-0.4, -0.2) is 18.1 Å². The largest absolute Gasteiger partial charge is 0.478 e. The van der Waals surface area contributed by atoms with E-state index in [1.165, 1.54) is 6.07 Å². The van der Waals surface area contributed by atoms with Crippen LogP contribution in [0.1, 0.15) is 15.9 Å². The molecule has 4 heteroatoms. The predicted octanol–water partition coefficient (Wildman–Crippen LogP) is 3.67. The zero-order valence-corrected chi connectivity index (χ0v) is 11.3. The van der Waals surface area contributed by atoms with Crippen molar-refractivity contribution in [2.24, 2.45) is 0 Å².